The number of allylic oxidation sites excluding steroid dienone is 12. The second-order valence-corrected chi connectivity index (χ2v) is 11.8. The molecule has 6 aromatic rings. The normalized spacial score (nSPS) is 15.3. The minimum absolute atomic E-state index is 0.921. The Morgan fingerprint density at radius 1 is 0.636 bits per heavy atom. The highest BCUT2D eigenvalue weighted by Gasteiger charge is 2.18. The molecule has 0 spiro atoms. The van der Waals surface area contributed by atoms with E-state index in [-0.39, 0.29) is 0 Å². The van der Waals surface area contributed by atoms with Crippen molar-refractivity contribution in [2.75, 3.05) is 0 Å². The van der Waals surface area contributed by atoms with Crippen LogP contribution in [0.4, 0.5) is 0 Å². The molecule has 0 aliphatic heterocycles. The van der Waals surface area contributed by atoms with Crippen LogP contribution in [0.25, 0.3) is 66.1 Å². The molecule has 0 N–H and O–H groups in total. The van der Waals surface area contributed by atoms with Gasteiger partial charge in [0.15, 0.2) is 0 Å². The molecule has 0 fully saturated rings. The molecule has 2 heterocycles. The molecule has 2 nitrogen and oxygen atoms in total. The first-order valence-electron chi connectivity index (χ1n) is 15.5. The number of fused-ring (bicyclic) bond motifs is 6. The summed E-state index contributed by atoms with van der Waals surface area (Å²) in [4.78, 5) is 0. The van der Waals surface area contributed by atoms with Gasteiger partial charge in [-0.05, 0) is 96.5 Å². The summed E-state index contributed by atoms with van der Waals surface area (Å²) in [6, 6.07) is 31.2. The van der Waals surface area contributed by atoms with Crippen molar-refractivity contribution in [1.29, 1.82) is 0 Å². The molecule has 8 rings (SSSR count). The van der Waals surface area contributed by atoms with Crippen LogP contribution in [0, 0.1) is 0 Å². The van der Waals surface area contributed by atoms with Crippen molar-refractivity contribution in [3.63, 3.8) is 0 Å². The zero-order valence-corrected chi connectivity index (χ0v) is 24.8. The van der Waals surface area contributed by atoms with Crippen LogP contribution in [0.2, 0.25) is 0 Å². The minimum atomic E-state index is 0.921. The molecule has 2 aromatic heterocycles. The van der Waals surface area contributed by atoms with Gasteiger partial charge in [-0.1, -0.05) is 98.1 Å². The summed E-state index contributed by atoms with van der Waals surface area (Å²) >= 11 is 0. The molecule has 0 radical (unpaired) electrons. The summed E-state index contributed by atoms with van der Waals surface area (Å²) in [5.41, 5.74) is 12.5. The van der Waals surface area contributed by atoms with Gasteiger partial charge in [-0.25, -0.2) is 0 Å². The van der Waals surface area contributed by atoms with Gasteiger partial charge in [-0.3, -0.25) is 0 Å². The van der Waals surface area contributed by atoms with E-state index in [2.05, 4.69) is 138 Å². The summed E-state index contributed by atoms with van der Waals surface area (Å²) in [7, 11) is 0. The Morgan fingerprint density at radius 3 is 1.98 bits per heavy atom. The van der Waals surface area contributed by atoms with Crippen LogP contribution in [-0.4, -0.2) is 9.13 Å². The van der Waals surface area contributed by atoms with Crippen LogP contribution in [0.3, 0.4) is 0 Å². The van der Waals surface area contributed by atoms with Crippen LogP contribution in [0.1, 0.15) is 25.7 Å². The van der Waals surface area contributed by atoms with E-state index in [0.717, 1.165) is 42.4 Å². The molecule has 2 aliphatic rings. The van der Waals surface area contributed by atoms with Gasteiger partial charge in [0.05, 0.1) is 22.1 Å². The second-order valence-electron chi connectivity index (χ2n) is 11.8. The molecule has 0 unspecified atom stereocenters. The van der Waals surface area contributed by atoms with Gasteiger partial charge in [-0.15, -0.1) is 0 Å². The summed E-state index contributed by atoms with van der Waals surface area (Å²) in [5.74, 6) is 0. The number of hydrogen-bond donors (Lipinski definition) is 0. The van der Waals surface area contributed by atoms with Gasteiger partial charge < -0.3 is 9.13 Å². The number of aromatic nitrogens is 2. The monoisotopic (exact) mass is 566 g/mol. The average Bonchev–Trinajstić information content (AvgIpc) is 3.60. The lowest BCUT2D eigenvalue weighted by Crippen LogP contribution is -2.03. The lowest BCUT2D eigenvalue weighted by molar-refractivity contribution is 0.885. The third-order valence-electron chi connectivity index (χ3n) is 9.23. The number of hydrogen-bond acceptors (Lipinski definition) is 0. The van der Waals surface area contributed by atoms with Crippen LogP contribution in [0.15, 0.2) is 158 Å². The van der Waals surface area contributed by atoms with Gasteiger partial charge in [0.1, 0.15) is 0 Å². The topological polar surface area (TPSA) is 9.86 Å². The fraction of sp³-hybridized carbons (Fsp3) is 0.0952. The first-order valence-corrected chi connectivity index (χ1v) is 15.5. The molecule has 0 atom stereocenters. The lowest BCUT2D eigenvalue weighted by Gasteiger charge is -2.20. The zero-order chi connectivity index (χ0) is 29.6. The number of para-hydroxylation sites is 2. The van der Waals surface area contributed by atoms with Crippen molar-refractivity contribution in [3.8, 4) is 11.1 Å². The predicted molar refractivity (Wildman–Crippen MR) is 191 cm³/mol. The molecule has 0 saturated carbocycles. The maximum Gasteiger partial charge on any atom is 0.0541 e. The van der Waals surface area contributed by atoms with Crippen molar-refractivity contribution >= 4 is 55.0 Å². The van der Waals surface area contributed by atoms with Gasteiger partial charge in [0.2, 0.25) is 0 Å². The summed E-state index contributed by atoms with van der Waals surface area (Å²) in [6.45, 7) is 8.18. The third-order valence-corrected chi connectivity index (χ3v) is 9.23. The van der Waals surface area contributed by atoms with Crippen LogP contribution >= 0.6 is 0 Å². The van der Waals surface area contributed by atoms with E-state index in [1.54, 1.807) is 6.08 Å². The molecule has 0 bridgehead atoms. The minimum Gasteiger partial charge on any atom is -0.313 e. The number of benzene rings is 4. The number of nitrogens with zero attached hydrogens (tertiary/aromatic N) is 2. The van der Waals surface area contributed by atoms with Gasteiger partial charge in [-0.2, -0.15) is 0 Å². The average molecular weight is 567 g/mol. The van der Waals surface area contributed by atoms with E-state index in [9.17, 15) is 0 Å². The Balaban J connectivity index is 1.25. The molecular formula is C42H34N2. The Labute approximate surface area is 258 Å². The molecular weight excluding hydrogens is 532 g/mol. The highest BCUT2D eigenvalue weighted by Crippen LogP contribution is 2.40. The van der Waals surface area contributed by atoms with Crippen LogP contribution < -0.4 is 0 Å². The van der Waals surface area contributed by atoms with Crippen molar-refractivity contribution in [3.05, 3.63) is 158 Å². The predicted octanol–water partition coefficient (Wildman–Crippen LogP) is 11.6. The lowest BCUT2D eigenvalue weighted by atomic mass is 9.90. The van der Waals surface area contributed by atoms with Crippen molar-refractivity contribution in [2.24, 2.45) is 0 Å². The van der Waals surface area contributed by atoms with E-state index in [1.807, 2.05) is 12.2 Å². The fourth-order valence-electron chi connectivity index (χ4n) is 7.13. The smallest absolute Gasteiger partial charge is 0.0541 e. The summed E-state index contributed by atoms with van der Waals surface area (Å²) in [5, 5.41) is 5.04. The van der Waals surface area contributed by atoms with Crippen LogP contribution in [-0.2, 0) is 0 Å². The van der Waals surface area contributed by atoms with E-state index >= 15 is 0 Å². The largest absolute Gasteiger partial charge is 0.313 e. The van der Waals surface area contributed by atoms with Gasteiger partial charge in [0, 0.05) is 32.9 Å². The quantitative estimate of drug-likeness (QED) is 0.177. The van der Waals surface area contributed by atoms with E-state index in [4.69, 9.17) is 0 Å². The van der Waals surface area contributed by atoms with Crippen molar-refractivity contribution in [1.82, 2.24) is 9.13 Å². The zero-order valence-electron chi connectivity index (χ0n) is 24.8. The van der Waals surface area contributed by atoms with Crippen molar-refractivity contribution in [2.45, 2.75) is 25.7 Å². The molecule has 212 valence electrons. The standard InChI is InChI=1S/C42H34N2/c1-3-4-12-29(2)43-39-17-10-8-15-35(39)37-27-32(21-25-41(37)43)33-22-26-42-38(28-33)36-16-9-11-18-40(36)44(42)34-23-19-31(20-24-34)30-13-6-5-7-14-30/h3-6,8-13,15-19,21-23,25-28H,1-2,7,14,20,24H2/b12-4-. The van der Waals surface area contributed by atoms with E-state index < -0.39 is 0 Å². The Kier molecular flexibility index (Phi) is 6.42. The Bertz CT molecular complexity index is 2300. The first kappa shape index (κ1) is 26.3. The molecule has 0 amide bonds. The Morgan fingerprint density at radius 2 is 1.27 bits per heavy atom. The van der Waals surface area contributed by atoms with Crippen molar-refractivity contribution < 1.29 is 0 Å². The molecule has 4 aromatic carbocycles. The third kappa shape index (κ3) is 4.26. The molecule has 2 heteroatoms. The maximum absolute atomic E-state index is 4.36. The van der Waals surface area contributed by atoms with Crippen LogP contribution in [0.5, 0.6) is 0 Å². The van der Waals surface area contributed by atoms with E-state index in [1.165, 1.54) is 60.5 Å². The molecule has 44 heavy (non-hydrogen) atoms. The summed E-state index contributed by atoms with van der Waals surface area (Å²) < 4.78 is 4.72. The molecule has 0 saturated heterocycles. The molecule has 2 aliphatic carbocycles. The Hall–Kier alpha value is -5.34. The maximum atomic E-state index is 4.36. The fourth-order valence-corrected chi connectivity index (χ4v) is 7.13. The highest BCUT2D eigenvalue weighted by atomic mass is 15.0. The van der Waals surface area contributed by atoms with E-state index in [0.29, 0.717) is 0 Å². The first-order chi connectivity index (χ1) is 21.7. The second kappa shape index (κ2) is 10.7. The SMILES string of the molecule is C=C/C=C\C(=C)n1c2ccccc2c2cc(-c3ccc4c(c3)c3ccccc3n4C3=CC=C(C4=CC=CCC4)CC3)ccc21. The highest BCUT2D eigenvalue weighted by molar-refractivity contribution is 6.13. The van der Waals surface area contributed by atoms with Gasteiger partial charge >= 0.3 is 0 Å². The summed E-state index contributed by atoms with van der Waals surface area (Å²) in [6.07, 6.45) is 21.6. The van der Waals surface area contributed by atoms with Gasteiger partial charge in [0.25, 0.3) is 0 Å². The number of rotatable bonds is 6.